The molecular weight excluding hydrogens is 272 g/mol. The van der Waals surface area contributed by atoms with Crippen molar-refractivity contribution in [1.29, 1.82) is 0 Å². The van der Waals surface area contributed by atoms with Crippen LogP contribution in [0, 0.1) is 45.3 Å². The highest BCUT2D eigenvalue weighted by Gasteiger charge is 2.78. The lowest BCUT2D eigenvalue weighted by molar-refractivity contribution is -0.186. The molecule has 0 aromatic carbocycles. The highest BCUT2D eigenvalue weighted by molar-refractivity contribution is 5.27. The predicted molar refractivity (Wildman–Crippen MR) is 86.1 cm³/mol. The summed E-state index contributed by atoms with van der Waals surface area (Å²) < 4.78 is 0. The molecular formula is C20H32O2. The van der Waals surface area contributed by atoms with E-state index in [-0.39, 0.29) is 18.6 Å². The lowest BCUT2D eigenvalue weighted by atomic mass is 9.39. The smallest absolute Gasteiger partial charge is 0.0512 e. The van der Waals surface area contributed by atoms with Crippen molar-refractivity contribution < 1.29 is 10.2 Å². The van der Waals surface area contributed by atoms with E-state index in [4.69, 9.17) is 0 Å². The molecule has 2 heteroatoms. The van der Waals surface area contributed by atoms with Gasteiger partial charge in [0.2, 0.25) is 0 Å². The Bertz CT molecular complexity index is 512. The molecule has 1 spiro atoms. The maximum Gasteiger partial charge on any atom is 0.0512 e. The zero-order chi connectivity index (χ0) is 15.4. The average molecular weight is 304 g/mol. The molecule has 6 saturated carbocycles. The summed E-state index contributed by atoms with van der Waals surface area (Å²) in [6.07, 6.45) is 10.6. The quantitative estimate of drug-likeness (QED) is 0.818. The van der Waals surface area contributed by atoms with Crippen LogP contribution >= 0.6 is 0 Å². The molecule has 7 atom stereocenters. The number of aliphatic hydroxyl groups excluding tert-OH is 2. The van der Waals surface area contributed by atoms with Crippen molar-refractivity contribution in [2.45, 2.75) is 65.2 Å². The Morgan fingerprint density at radius 3 is 2.32 bits per heavy atom. The average Bonchev–Trinajstić information content (AvgIpc) is 2.97. The van der Waals surface area contributed by atoms with Gasteiger partial charge in [-0.2, -0.15) is 0 Å². The minimum Gasteiger partial charge on any atom is -0.396 e. The lowest BCUT2D eigenvalue weighted by Crippen LogP contribution is -2.60. The zero-order valence-corrected chi connectivity index (χ0v) is 14.3. The van der Waals surface area contributed by atoms with Gasteiger partial charge < -0.3 is 10.2 Å². The summed E-state index contributed by atoms with van der Waals surface area (Å²) in [5.41, 5.74) is 1.52. The monoisotopic (exact) mass is 304 g/mol. The first-order valence-corrected chi connectivity index (χ1v) is 9.66. The normalized spacial score (nSPS) is 60.5. The van der Waals surface area contributed by atoms with Crippen LogP contribution in [0.1, 0.15) is 65.2 Å². The number of fused-ring (bicyclic) bond motifs is 1. The Morgan fingerprint density at radius 1 is 0.909 bits per heavy atom. The fraction of sp³-hybridized carbons (Fsp3) is 1.00. The molecule has 0 aromatic heterocycles. The van der Waals surface area contributed by atoms with E-state index in [9.17, 15) is 10.2 Å². The van der Waals surface area contributed by atoms with Crippen LogP contribution in [-0.4, -0.2) is 23.4 Å². The molecule has 6 aliphatic rings. The molecule has 0 aliphatic heterocycles. The second-order valence-corrected chi connectivity index (χ2v) is 10.4. The van der Waals surface area contributed by atoms with Crippen LogP contribution in [0.3, 0.4) is 0 Å². The Kier molecular flexibility index (Phi) is 2.56. The second kappa shape index (κ2) is 3.94. The van der Waals surface area contributed by atoms with Gasteiger partial charge in [-0.15, -0.1) is 0 Å². The van der Waals surface area contributed by atoms with Crippen LogP contribution in [0.15, 0.2) is 0 Å². The SMILES string of the molecule is CC12CC34CCC5C(CO)(CO)CCCC5(C)C3CC1C2C4. The van der Waals surface area contributed by atoms with Crippen molar-refractivity contribution in [3.8, 4) is 0 Å². The Hall–Kier alpha value is -0.0800. The largest absolute Gasteiger partial charge is 0.396 e. The van der Waals surface area contributed by atoms with Crippen molar-refractivity contribution in [3.05, 3.63) is 0 Å². The first-order chi connectivity index (χ1) is 10.4. The summed E-state index contributed by atoms with van der Waals surface area (Å²) in [4.78, 5) is 0. The summed E-state index contributed by atoms with van der Waals surface area (Å²) in [5, 5.41) is 20.2. The van der Waals surface area contributed by atoms with Crippen LogP contribution in [0.4, 0.5) is 0 Å². The fourth-order valence-electron chi connectivity index (χ4n) is 8.99. The summed E-state index contributed by atoms with van der Waals surface area (Å²) in [5.74, 6) is 3.47. The van der Waals surface area contributed by atoms with E-state index in [2.05, 4.69) is 13.8 Å². The molecule has 0 radical (unpaired) electrons. The third-order valence-electron chi connectivity index (χ3n) is 9.94. The van der Waals surface area contributed by atoms with Crippen molar-refractivity contribution in [3.63, 3.8) is 0 Å². The third-order valence-corrected chi connectivity index (χ3v) is 9.94. The summed E-state index contributed by atoms with van der Waals surface area (Å²) in [6, 6.07) is 0. The maximum atomic E-state index is 10.1. The Morgan fingerprint density at radius 2 is 1.68 bits per heavy atom. The van der Waals surface area contributed by atoms with Crippen molar-refractivity contribution >= 4 is 0 Å². The first kappa shape index (κ1) is 14.3. The van der Waals surface area contributed by atoms with Gasteiger partial charge in [0.15, 0.2) is 0 Å². The highest BCUT2D eigenvalue weighted by atomic mass is 16.3. The van der Waals surface area contributed by atoms with Crippen molar-refractivity contribution in [1.82, 2.24) is 0 Å². The molecule has 124 valence electrons. The Balaban J connectivity index is 1.55. The van der Waals surface area contributed by atoms with Crippen LogP contribution in [-0.2, 0) is 0 Å². The van der Waals surface area contributed by atoms with Crippen LogP contribution in [0.5, 0.6) is 0 Å². The minimum atomic E-state index is -0.192. The van der Waals surface area contributed by atoms with Gasteiger partial charge in [-0.05, 0) is 84.9 Å². The van der Waals surface area contributed by atoms with Crippen LogP contribution in [0.2, 0.25) is 0 Å². The number of hydrogen-bond acceptors (Lipinski definition) is 2. The van der Waals surface area contributed by atoms with Gasteiger partial charge in [-0.1, -0.05) is 20.3 Å². The third kappa shape index (κ3) is 1.34. The molecule has 7 unspecified atom stereocenters. The van der Waals surface area contributed by atoms with Gasteiger partial charge >= 0.3 is 0 Å². The molecule has 6 aliphatic carbocycles. The molecule has 0 saturated heterocycles. The van der Waals surface area contributed by atoms with Gasteiger partial charge in [0.05, 0.1) is 13.2 Å². The van der Waals surface area contributed by atoms with Gasteiger partial charge in [-0.25, -0.2) is 0 Å². The maximum absolute atomic E-state index is 10.1. The number of rotatable bonds is 2. The van der Waals surface area contributed by atoms with E-state index in [0.717, 1.165) is 24.2 Å². The lowest BCUT2D eigenvalue weighted by Gasteiger charge is -2.65. The van der Waals surface area contributed by atoms with Crippen LogP contribution < -0.4 is 0 Å². The summed E-state index contributed by atoms with van der Waals surface area (Å²) in [6.45, 7) is 5.48. The second-order valence-electron chi connectivity index (χ2n) is 10.4. The van der Waals surface area contributed by atoms with Gasteiger partial charge in [0.1, 0.15) is 0 Å². The standard InChI is InChI=1S/C20H32O2/c1-17-5-3-6-20(11-21,12-22)15(17)4-7-19-9-14-13(8-16(17)19)18(14,2)10-19/h13-16,21-22H,3-12H2,1-2H3. The van der Waals surface area contributed by atoms with Gasteiger partial charge in [0, 0.05) is 5.41 Å². The van der Waals surface area contributed by atoms with E-state index in [1.54, 1.807) is 0 Å². The van der Waals surface area contributed by atoms with Crippen molar-refractivity contribution in [2.75, 3.05) is 13.2 Å². The van der Waals surface area contributed by atoms with E-state index >= 15 is 0 Å². The molecule has 4 bridgehead atoms. The van der Waals surface area contributed by atoms with Gasteiger partial charge in [-0.3, -0.25) is 0 Å². The number of aliphatic hydroxyl groups is 2. The predicted octanol–water partition coefficient (Wildman–Crippen LogP) is 3.61. The highest BCUT2D eigenvalue weighted by Crippen LogP contribution is 2.85. The minimum absolute atomic E-state index is 0.188. The topological polar surface area (TPSA) is 40.5 Å². The van der Waals surface area contributed by atoms with Crippen molar-refractivity contribution in [2.24, 2.45) is 45.3 Å². The number of hydrogen-bond donors (Lipinski definition) is 2. The van der Waals surface area contributed by atoms with Gasteiger partial charge in [0.25, 0.3) is 0 Å². The molecule has 6 rings (SSSR count). The molecule has 2 nitrogen and oxygen atoms in total. The molecule has 0 amide bonds. The first-order valence-electron chi connectivity index (χ1n) is 9.66. The summed E-state index contributed by atoms with van der Waals surface area (Å²) in [7, 11) is 0. The molecule has 6 fully saturated rings. The molecule has 0 aromatic rings. The molecule has 2 N–H and O–H groups in total. The molecule has 0 heterocycles. The summed E-state index contributed by atoms with van der Waals surface area (Å²) >= 11 is 0. The zero-order valence-electron chi connectivity index (χ0n) is 14.3. The van der Waals surface area contributed by atoms with E-state index in [0.29, 0.717) is 22.2 Å². The van der Waals surface area contributed by atoms with Crippen LogP contribution in [0.25, 0.3) is 0 Å². The fourth-order valence-corrected chi connectivity index (χ4v) is 8.99. The van der Waals surface area contributed by atoms with E-state index in [1.807, 2.05) is 0 Å². The van der Waals surface area contributed by atoms with E-state index < -0.39 is 0 Å². The molecule has 22 heavy (non-hydrogen) atoms. The van der Waals surface area contributed by atoms with E-state index in [1.165, 1.54) is 44.9 Å². The Labute approximate surface area is 134 Å².